The maximum Gasteiger partial charge on any atom is 0.310 e. The number of rotatable bonds is 2. The molecule has 10 heteroatoms. The molecule has 0 spiro atoms. The average Bonchev–Trinajstić information content (AvgIpc) is 2.89. The van der Waals surface area contributed by atoms with E-state index in [0.717, 1.165) is 0 Å². The van der Waals surface area contributed by atoms with E-state index in [9.17, 15) is 20.1 Å². The Bertz CT molecular complexity index is 740. The van der Waals surface area contributed by atoms with Crippen molar-refractivity contribution in [3.05, 3.63) is 16.7 Å². The Morgan fingerprint density at radius 1 is 1.52 bits per heavy atom. The lowest BCUT2D eigenvalue weighted by Crippen LogP contribution is -2.46. The molecule has 0 aliphatic carbocycles. The van der Waals surface area contributed by atoms with Crippen LogP contribution in [-0.2, 0) is 11.8 Å². The third-order valence-electron chi connectivity index (χ3n) is 3.54. The molecule has 1 saturated heterocycles. The Morgan fingerprint density at radius 3 is 2.86 bits per heavy atom. The van der Waals surface area contributed by atoms with E-state index < -0.39 is 42.7 Å². The van der Waals surface area contributed by atoms with Gasteiger partial charge < -0.3 is 30.1 Å². The van der Waals surface area contributed by atoms with E-state index in [-0.39, 0.29) is 11.2 Å². The Labute approximate surface area is 117 Å². The van der Waals surface area contributed by atoms with Crippen LogP contribution >= 0.6 is 0 Å². The minimum atomic E-state index is -1.33. The summed E-state index contributed by atoms with van der Waals surface area (Å²) >= 11 is 0. The number of fused-ring (bicyclic) bond motifs is 1. The second-order valence-corrected chi connectivity index (χ2v) is 4.91. The van der Waals surface area contributed by atoms with Crippen LogP contribution in [0.15, 0.2) is 11.1 Å². The van der Waals surface area contributed by atoms with Crippen molar-refractivity contribution in [3.8, 4) is 6.01 Å². The summed E-state index contributed by atoms with van der Waals surface area (Å²) in [5.74, 6) is 0. The molecule has 1 fully saturated rings. The van der Waals surface area contributed by atoms with Gasteiger partial charge in [0.25, 0.3) is 5.56 Å². The summed E-state index contributed by atoms with van der Waals surface area (Å²) in [6.45, 7) is -0.471. The molecule has 0 amide bonds. The van der Waals surface area contributed by atoms with Crippen molar-refractivity contribution in [1.29, 1.82) is 0 Å². The van der Waals surface area contributed by atoms with Crippen LogP contribution in [0.4, 0.5) is 0 Å². The van der Waals surface area contributed by atoms with Crippen molar-refractivity contribution in [2.75, 3.05) is 6.61 Å². The number of aromatic amines is 1. The number of imidazole rings is 1. The number of aliphatic hydroxyl groups excluding tert-OH is 3. The van der Waals surface area contributed by atoms with Gasteiger partial charge in [-0.05, 0) is 0 Å². The molecule has 10 nitrogen and oxygen atoms in total. The molecule has 2 aromatic rings. The van der Waals surface area contributed by atoms with Gasteiger partial charge in [-0.15, -0.1) is 0 Å². The van der Waals surface area contributed by atoms with Gasteiger partial charge in [-0.25, -0.2) is 4.57 Å². The SMILES string of the molecule is Cn1c[n+](C2OC(CO)C(O)C2O)c2nc([O-])[nH]c(=O)c21. The van der Waals surface area contributed by atoms with Crippen molar-refractivity contribution in [3.63, 3.8) is 0 Å². The van der Waals surface area contributed by atoms with Crippen LogP contribution in [0.3, 0.4) is 0 Å². The predicted octanol–water partition coefficient (Wildman–Crippen LogP) is -3.77. The number of aryl methyl sites for hydroxylation is 1. The van der Waals surface area contributed by atoms with E-state index in [0.29, 0.717) is 0 Å². The summed E-state index contributed by atoms with van der Waals surface area (Å²) in [7, 11) is 1.57. The molecule has 2 aromatic heterocycles. The number of aromatic nitrogens is 4. The van der Waals surface area contributed by atoms with E-state index >= 15 is 0 Å². The van der Waals surface area contributed by atoms with Gasteiger partial charge in [-0.2, -0.15) is 0 Å². The maximum absolute atomic E-state index is 11.8. The third-order valence-corrected chi connectivity index (χ3v) is 3.54. The molecular formula is C11H14N4O6. The summed E-state index contributed by atoms with van der Waals surface area (Å²) in [4.78, 5) is 17.5. The van der Waals surface area contributed by atoms with Crippen molar-refractivity contribution >= 4 is 11.2 Å². The molecule has 0 radical (unpaired) electrons. The number of nitrogens with zero attached hydrogens (tertiary/aromatic N) is 3. The van der Waals surface area contributed by atoms with Crippen molar-refractivity contribution in [2.24, 2.45) is 7.05 Å². The van der Waals surface area contributed by atoms with Gasteiger partial charge in [0.1, 0.15) is 24.3 Å². The molecule has 3 heterocycles. The smallest absolute Gasteiger partial charge is 0.310 e. The average molecular weight is 298 g/mol. The Kier molecular flexibility index (Phi) is 3.17. The Morgan fingerprint density at radius 2 is 2.24 bits per heavy atom. The molecule has 0 saturated carbocycles. The van der Waals surface area contributed by atoms with Crippen LogP contribution < -0.4 is 15.2 Å². The summed E-state index contributed by atoms with van der Waals surface area (Å²) in [5, 5.41) is 40.2. The Hall–Kier alpha value is -2.01. The fraction of sp³-hybridized carbons (Fsp3) is 0.545. The van der Waals surface area contributed by atoms with Crippen LogP contribution in [0, 0.1) is 0 Å². The first-order valence-electron chi connectivity index (χ1n) is 6.24. The number of hydrogen-bond donors (Lipinski definition) is 4. The lowest BCUT2D eigenvalue weighted by atomic mass is 10.1. The van der Waals surface area contributed by atoms with Gasteiger partial charge in [-0.3, -0.25) is 9.36 Å². The fourth-order valence-electron chi connectivity index (χ4n) is 2.53. The molecule has 4 unspecified atom stereocenters. The summed E-state index contributed by atoms with van der Waals surface area (Å²) < 4.78 is 8.08. The monoisotopic (exact) mass is 298 g/mol. The summed E-state index contributed by atoms with van der Waals surface area (Å²) in [5.41, 5.74) is -0.452. The molecule has 0 aromatic carbocycles. The fourth-order valence-corrected chi connectivity index (χ4v) is 2.53. The van der Waals surface area contributed by atoms with Crippen molar-refractivity contribution < 1.29 is 29.7 Å². The standard InChI is InChI=1S/C11H14N4O6/c1-14-3-15(8-5(14)9(19)13-11(20)12-8)10-7(18)6(17)4(2-16)21-10/h3-4,6-7,10,16-18H,2H2,1H3,(H-,12,13,19,20). The highest BCUT2D eigenvalue weighted by Crippen LogP contribution is 2.26. The van der Waals surface area contributed by atoms with Crippen molar-refractivity contribution in [1.82, 2.24) is 14.5 Å². The molecule has 0 bridgehead atoms. The zero-order chi connectivity index (χ0) is 15.3. The summed E-state index contributed by atoms with van der Waals surface area (Å²) in [6, 6.07) is -0.820. The van der Waals surface area contributed by atoms with Gasteiger partial charge in [0.05, 0.1) is 13.7 Å². The van der Waals surface area contributed by atoms with Crippen LogP contribution in [0.5, 0.6) is 6.01 Å². The third kappa shape index (κ3) is 2.00. The van der Waals surface area contributed by atoms with E-state index in [4.69, 9.17) is 9.84 Å². The maximum atomic E-state index is 11.8. The van der Waals surface area contributed by atoms with Crippen LogP contribution in [0.25, 0.3) is 11.2 Å². The van der Waals surface area contributed by atoms with E-state index in [1.54, 1.807) is 7.05 Å². The normalized spacial score (nSPS) is 29.3. The molecule has 4 N–H and O–H groups in total. The lowest BCUT2D eigenvalue weighted by molar-refractivity contribution is -0.746. The highest BCUT2D eigenvalue weighted by atomic mass is 16.6. The molecule has 3 rings (SSSR count). The van der Waals surface area contributed by atoms with Gasteiger partial charge in [-0.1, -0.05) is 4.98 Å². The lowest BCUT2D eigenvalue weighted by Gasteiger charge is -2.12. The number of nitrogens with one attached hydrogen (secondary N) is 1. The second-order valence-electron chi connectivity index (χ2n) is 4.91. The van der Waals surface area contributed by atoms with Crippen molar-refractivity contribution in [2.45, 2.75) is 24.5 Å². The molecule has 21 heavy (non-hydrogen) atoms. The number of aliphatic hydroxyl groups is 3. The first-order valence-corrected chi connectivity index (χ1v) is 6.24. The van der Waals surface area contributed by atoms with Crippen LogP contribution in [0.1, 0.15) is 6.23 Å². The quantitative estimate of drug-likeness (QED) is 0.416. The predicted molar refractivity (Wildman–Crippen MR) is 64.0 cm³/mol. The molecule has 4 atom stereocenters. The van der Waals surface area contributed by atoms with E-state index in [1.807, 2.05) is 4.98 Å². The topological polar surface area (TPSA) is 148 Å². The highest BCUT2D eigenvalue weighted by Gasteiger charge is 2.46. The van der Waals surface area contributed by atoms with Crippen LogP contribution in [-0.4, -0.2) is 54.8 Å². The minimum Gasteiger partial charge on any atom is -0.832 e. The minimum absolute atomic E-state index is 0.0288. The highest BCUT2D eigenvalue weighted by molar-refractivity contribution is 5.65. The van der Waals surface area contributed by atoms with Gasteiger partial charge in [0, 0.05) is 0 Å². The number of ether oxygens (including phenoxy) is 1. The molecule has 1 aliphatic rings. The van der Waals surface area contributed by atoms with Gasteiger partial charge in [0.15, 0.2) is 6.33 Å². The molecule has 114 valence electrons. The zero-order valence-electron chi connectivity index (χ0n) is 11.0. The van der Waals surface area contributed by atoms with E-state index in [1.165, 1.54) is 15.5 Å². The second kappa shape index (κ2) is 4.77. The van der Waals surface area contributed by atoms with Gasteiger partial charge >= 0.3 is 5.65 Å². The van der Waals surface area contributed by atoms with Gasteiger partial charge in [0.2, 0.25) is 11.7 Å². The number of hydrogen-bond acceptors (Lipinski definition) is 7. The Balaban J connectivity index is 2.16. The first-order chi connectivity index (χ1) is 9.93. The van der Waals surface area contributed by atoms with Crippen LogP contribution in [0.2, 0.25) is 0 Å². The zero-order valence-corrected chi connectivity index (χ0v) is 11.0. The summed E-state index contributed by atoms with van der Waals surface area (Å²) in [6.07, 6.45) is -3.20. The molecular weight excluding hydrogens is 284 g/mol. The largest absolute Gasteiger partial charge is 0.832 e. The first kappa shape index (κ1) is 13.9. The van der Waals surface area contributed by atoms with E-state index in [2.05, 4.69) is 4.98 Å². The molecule has 1 aliphatic heterocycles. The number of H-pyrrole nitrogens is 1.